The molecular weight excluding hydrogens is 322 g/mol. The molecule has 24 heavy (non-hydrogen) atoms. The normalized spacial score (nSPS) is 16.2. The summed E-state index contributed by atoms with van der Waals surface area (Å²) in [5.41, 5.74) is 2.25. The third-order valence-electron chi connectivity index (χ3n) is 3.93. The summed E-state index contributed by atoms with van der Waals surface area (Å²) in [5, 5.41) is 2.75. The van der Waals surface area contributed by atoms with Crippen LogP contribution in [0.15, 0.2) is 47.5 Å². The molecule has 6 heteroatoms. The second-order valence-electron chi connectivity index (χ2n) is 5.76. The van der Waals surface area contributed by atoms with Crippen LogP contribution in [0.5, 0.6) is 0 Å². The van der Waals surface area contributed by atoms with Crippen molar-refractivity contribution in [1.29, 1.82) is 0 Å². The number of anilines is 1. The van der Waals surface area contributed by atoms with Gasteiger partial charge >= 0.3 is 0 Å². The number of hydrogen-bond donors (Lipinski definition) is 1. The molecule has 1 aliphatic rings. The van der Waals surface area contributed by atoms with Crippen LogP contribution >= 0.6 is 11.8 Å². The Kier molecular flexibility index (Phi) is 4.85. The third kappa shape index (κ3) is 3.59. The van der Waals surface area contributed by atoms with Gasteiger partial charge in [-0.05, 0) is 37.3 Å². The van der Waals surface area contributed by atoms with Gasteiger partial charge in [0.25, 0.3) is 5.91 Å². The number of fused-ring (bicyclic) bond motifs is 1. The summed E-state index contributed by atoms with van der Waals surface area (Å²) in [6, 6.07) is 11.2. The van der Waals surface area contributed by atoms with E-state index >= 15 is 0 Å². The van der Waals surface area contributed by atoms with Crippen molar-refractivity contribution < 1.29 is 9.59 Å². The number of likely N-dealkylation sites (N-methyl/N-ethyl adjacent to an activating group) is 1. The van der Waals surface area contributed by atoms with Gasteiger partial charge in [-0.1, -0.05) is 6.07 Å². The highest BCUT2D eigenvalue weighted by molar-refractivity contribution is 8.00. The molecule has 0 spiro atoms. The SMILES string of the molecule is CC1Sc2ccc(C(=O)N(C)CCc3ccccn3)cc2NC1=O. The van der Waals surface area contributed by atoms with E-state index in [4.69, 9.17) is 0 Å². The maximum atomic E-state index is 12.6. The molecule has 1 unspecified atom stereocenters. The second kappa shape index (κ2) is 7.05. The Balaban J connectivity index is 1.68. The molecule has 1 aliphatic heterocycles. The number of thioether (sulfide) groups is 1. The standard InChI is InChI=1S/C18H19N3O2S/c1-12-17(22)20-15-11-13(6-7-16(15)24-12)18(23)21(2)10-8-14-5-3-4-9-19-14/h3-7,9,11-12H,8,10H2,1-2H3,(H,20,22). The Labute approximate surface area is 145 Å². The van der Waals surface area contributed by atoms with Crippen LogP contribution in [0.4, 0.5) is 5.69 Å². The molecule has 0 bridgehead atoms. The lowest BCUT2D eigenvalue weighted by Gasteiger charge is -2.23. The molecule has 0 saturated carbocycles. The topological polar surface area (TPSA) is 62.3 Å². The van der Waals surface area contributed by atoms with Crippen molar-refractivity contribution in [2.75, 3.05) is 18.9 Å². The van der Waals surface area contributed by atoms with Crippen molar-refractivity contribution in [2.24, 2.45) is 0 Å². The summed E-state index contributed by atoms with van der Waals surface area (Å²) in [6.07, 6.45) is 2.46. The van der Waals surface area contributed by atoms with E-state index in [1.165, 1.54) is 11.8 Å². The van der Waals surface area contributed by atoms with Gasteiger partial charge in [0.15, 0.2) is 0 Å². The highest BCUT2D eigenvalue weighted by Crippen LogP contribution is 2.36. The Morgan fingerprint density at radius 1 is 1.33 bits per heavy atom. The van der Waals surface area contributed by atoms with Crippen molar-refractivity contribution in [2.45, 2.75) is 23.5 Å². The number of carbonyl (C=O) groups is 2. The molecule has 0 aliphatic carbocycles. The van der Waals surface area contributed by atoms with Crippen molar-refractivity contribution in [3.05, 3.63) is 53.9 Å². The van der Waals surface area contributed by atoms with E-state index in [0.29, 0.717) is 24.2 Å². The molecule has 1 N–H and O–H groups in total. The summed E-state index contributed by atoms with van der Waals surface area (Å²) in [4.78, 5) is 31.3. The maximum absolute atomic E-state index is 12.6. The second-order valence-corrected chi connectivity index (χ2v) is 7.14. The predicted octanol–water partition coefficient (Wildman–Crippen LogP) is 2.83. The molecule has 5 nitrogen and oxygen atoms in total. The van der Waals surface area contributed by atoms with Crippen LogP contribution in [-0.2, 0) is 11.2 Å². The lowest BCUT2D eigenvalue weighted by molar-refractivity contribution is -0.115. The number of hydrogen-bond acceptors (Lipinski definition) is 4. The summed E-state index contributed by atoms with van der Waals surface area (Å²) >= 11 is 1.51. The zero-order valence-electron chi connectivity index (χ0n) is 13.7. The molecule has 3 rings (SSSR count). The number of benzene rings is 1. The minimum Gasteiger partial charge on any atom is -0.341 e. The molecule has 1 aromatic heterocycles. The molecular formula is C18H19N3O2S. The van der Waals surface area contributed by atoms with Gasteiger partial charge in [0, 0.05) is 42.4 Å². The molecule has 2 aromatic rings. The number of amides is 2. The summed E-state index contributed by atoms with van der Waals surface area (Å²) in [7, 11) is 1.78. The van der Waals surface area contributed by atoms with E-state index in [2.05, 4.69) is 10.3 Å². The fraction of sp³-hybridized carbons (Fsp3) is 0.278. The number of carbonyl (C=O) groups excluding carboxylic acids is 2. The van der Waals surface area contributed by atoms with Crippen LogP contribution in [0, 0.1) is 0 Å². The predicted molar refractivity (Wildman–Crippen MR) is 95.3 cm³/mol. The first-order chi connectivity index (χ1) is 11.5. The Bertz CT molecular complexity index is 764. The van der Waals surface area contributed by atoms with Crippen LogP contribution in [0.25, 0.3) is 0 Å². The Morgan fingerprint density at radius 2 is 2.17 bits per heavy atom. The van der Waals surface area contributed by atoms with Crippen LogP contribution < -0.4 is 5.32 Å². The first kappa shape index (κ1) is 16.5. The zero-order chi connectivity index (χ0) is 17.1. The van der Waals surface area contributed by atoms with Crippen molar-refractivity contribution in [1.82, 2.24) is 9.88 Å². The smallest absolute Gasteiger partial charge is 0.253 e. The highest BCUT2D eigenvalue weighted by atomic mass is 32.2. The summed E-state index contributed by atoms with van der Waals surface area (Å²) in [5.74, 6) is -0.0905. The lowest BCUT2D eigenvalue weighted by Crippen LogP contribution is -2.30. The number of nitrogens with one attached hydrogen (secondary N) is 1. The molecule has 0 radical (unpaired) electrons. The lowest BCUT2D eigenvalue weighted by atomic mass is 10.1. The minimum atomic E-state index is -0.111. The van der Waals surface area contributed by atoms with Gasteiger partial charge in [0.1, 0.15) is 0 Å². The van der Waals surface area contributed by atoms with Gasteiger partial charge < -0.3 is 10.2 Å². The van der Waals surface area contributed by atoms with Crippen LogP contribution in [-0.4, -0.2) is 40.5 Å². The van der Waals surface area contributed by atoms with E-state index in [1.54, 1.807) is 24.2 Å². The monoisotopic (exact) mass is 341 g/mol. The van der Waals surface area contributed by atoms with E-state index in [0.717, 1.165) is 10.6 Å². The Morgan fingerprint density at radius 3 is 2.92 bits per heavy atom. The summed E-state index contributed by atoms with van der Waals surface area (Å²) < 4.78 is 0. The fourth-order valence-corrected chi connectivity index (χ4v) is 3.42. The zero-order valence-corrected chi connectivity index (χ0v) is 14.5. The van der Waals surface area contributed by atoms with Gasteiger partial charge in [-0.15, -0.1) is 11.8 Å². The average Bonchev–Trinajstić information content (AvgIpc) is 2.60. The van der Waals surface area contributed by atoms with E-state index in [1.807, 2.05) is 37.3 Å². The molecule has 1 atom stereocenters. The van der Waals surface area contributed by atoms with E-state index in [-0.39, 0.29) is 17.1 Å². The third-order valence-corrected chi connectivity index (χ3v) is 5.11. The van der Waals surface area contributed by atoms with Gasteiger partial charge in [0.05, 0.1) is 10.9 Å². The first-order valence-electron chi connectivity index (χ1n) is 7.81. The number of rotatable bonds is 4. The average molecular weight is 341 g/mol. The Hall–Kier alpha value is -2.34. The van der Waals surface area contributed by atoms with Crippen molar-refractivity contribution in [3.8, 4) is 0 Å². The molecule has 2 heterocycles. The van der Waals surface area contributed by atoms with E-state index in [9.17, 15) is 9.59 Å². The molecule has 0 saturated heterocycles. The first-order valence-corrected chi connectivity index (χ1v) is 8.69. The number of pyridine rings is 1. The van der Waals surface area contributed by atoms with E-state index < -0.39 is 0 Å². The molecule has 124 valence electrons. The van der Waals surface area contributed by atoms with Crippen LogP contribution in [0.2, 0.25) is 0 Å². The number of nitrogens with zero attached hydrogens (tertiary/aromatic N) is 2. The van der Waals surface area contributed by atoms with Crippen LogP contribution in [0.3, 0.4) is 0 Å². The number of aromatic nitrogens is 1. The highest BCUT2D eigenvalue weighted by Gasteiger charge is 2.24. The van der Waals surface area contributed by atoms with Crippen LogP contribution in [0.1, 0.15) is 23.0 Å². The largest absolute Gasteiger partial charge is 0.341 e. The maximum Gasteiger partial charge on any atom is 0.253 e. The van der Waals surface area contributed by atoms with Crippen molar-refractivity contribution >= 4 is 29.3 Å². The quantitative estimate of drug-likeness (QED) is 0.929. The van der Waals surface area contributed by atoms with Gasteiger partial charge in [-0.2, -0.15) is 0 Å². The van der Waals surface area contributed by atoms with Crippen molar-refractivity contribution in [3.63, 3.8) is 0 Å². The minimum absolute atomic E-state index is 0.0272. The van der Waals surface area contributed by atoms with Gasteiger partial charge in [0.2, 0.25) is 5.91 Å². The fourth-order valence-electron chi connectivity index (χ4n) is 2.49. The summed E-state index contributed by atoms with van der Waals surface area (Å²) in [6.45, 7) is 2.46. The van der Waals surface area contributed by atoms with Gasteiger partial charge in [-0.3, -0.25) is 14.6 Å². The molecule has 2 amide bonds. The molecule has 1 aromatic carbocycles. The molecule has 0 fully saturated rings. The van der Waals surface area contributed by atoms with Gasteiger partial charge in [-0.25, -0.2) is 0 Å².